The van der Waals surface area contributed by atoms with Crippen molar-refractivity contribution in [3.8, 4) is 0 Å². The van der Waals surface area contributed by atoms with E-state index in [9.17, 15) is 4.79 Å². The highest BCUT2D eigenvalue weighted by Crippen LogP contribution is 2.17. The van der Waals surface area contributed by atoms with Crippen molar-refractivity contribution in [3.63, 3.8) is 0 Å². The summed E-state index contributed by atoms with van der Waals surface area (Å²) in [6.45, 7) is 4.15. The number of nitrogens with one attached hydrogen (secondary N) is 1. The molecular formula is C16H17NOS. The van der Waals surface area contributed by atoms with Gasteiger partial charge in [0.25, 0.3) is 0 Å². The standard InChI is InChI=1S/C16H17NOS/c1-3-13-4-6-14(7-5-13)17-16(18)9-8-15-12(2)10-11-19-15/h4-11H,3H2,1-2H3,(H,17,18)/b9-8+. The molecule has 0 aliphatic heterocycles. The van der Waals surface area contributed by atoms with Crippen molar-refractivity contribution in [3.05, 3.63) is 57.8 Å². The van der Waals surface area contributed by atoms with Gasteiger partial charge in [-0.2, -0.15) is 0 Å². The van der Waals surface area contributed by atoms with Gasteiger partial charge in [0.2, 0.25) is 5.91 Å². The van der Waals surface area contributed by atoms with E-state index in [1.54, 1.807) is 17.4 Å². The number of benzene rings is 1. The predicted molar refractivity (Wildman–Crippen MR) is 82.5 cm³/mol. The maximum Gasteiger partial charge on any atom is 0.248 e. The summed E-state index contributed by atoms with van der Waals surface area (Å²) >= 11 is 1.64. The average Bonchev–Trinajstić information content (AvgIpc) is 2.83. The molecule has 1 aromatic heterocycles. The zero-order chi connectivity index (χ0) is 13.7. The maximum absolute atomic E-state index is 11.8. The van der Waals surface area contributed by atoms with Gasteiger partial charge in [0.05, 0.1) is 0 Å². The Hall–Kier alpha value is -1.87. The number of thiophene rings is 1. The lowest BCUT2D eigenvalue weighted by Gasteiger charge is -2.03. The summed E-state index contributed by atoms with van der Waals surface area (Å²) in [6, 6.07) is 9.97. The van der Waals surface area contributed by atoms with Crippen molar-refractivity contribution in [2.75, 3.05) is 5.32 Å². The van der Waals surface area contributed by atoms with Gasteiger partial charge in [0.15, 0.2) is 0 Å². The van der Waals surface area contributed by atoms with E-state index in [-0.39, 0.29) is 5.91 Å². The molecule has 0 radical (unpaired) electrons. The molecule has 0 fully saturated rings. The van der Waals surface area contributed by atoms with E-state index >= 15 is 0 Å². The van der Waals surface area contributed by atoms with Crippen LogP contribution >= 0.6 is 11.3 Å². The normalized spacial score (nSPS) is 10.8. The van der Waals surface area contributed by atoms with Crippen LogP contribution in [-0.2, 0) is 11.2 Å². The number of aryl methyl sites for hydroxylation is 2. The summed E-state index contributed by atoms with van der Waals surface area (Å²) in [6.07, 6.45) is 4.44. The van der Waals surface area contributed by atoms with E-state index in [4.69, 9.17) is 0 Å². The number of carbonyl (C=O) groups is 1. The van der Waals surface area contributed by atoms with E-state index in [2.05, 4.69) is 12.2 Å². The van der Waals surface area contributed by atoms with Crippen LogP contribution in [0.1, 0.15) is 22.9 Å². The zero-order valence-electron chi connectivity index (χ0n) is 11.1. The van der Waals surface area contributed by atoms with E-state index in [0.29, 0.717) is 0 Å². The fraction of sp³-hybridized carbons (Fsp3) is 0.188. The van der Waals surface area contributed by atoms with Crippen LogP contribution in [0.25, 0.3) is 6.08 Å². The first-order chi connectivity index (χ1) is 9.19. The molecule has 0 aliphatic rings. The molecule has 19 heavy (non-hydrogen) atoms. The molecule has 2 rings (SSSR count). The van der Waals surface area contributed by atoms with Crippen molar-refractivity contribution >= 4 is 29.0 Å². The quantitative estimate of drug-likeness (QED) is 0.827. The minimum Gasteiger partial charge on any atom is -0.323 e. The highest BCUT2D eigenvalue weighted by Gasteiger charge is 1.99. The second-order valence-electron chi connectivity index (χ2n) is 4.34. The van der Waals surface area contributed by atoms with E-state index in [1.807, 2.05) is 48.7 Å². The van der Waals surface area contributed by atoms with Crippen LogP contribution in [0, 0.1) is 6.92 Å². The Labute approximate surface area is 117 Å². The summed E-state index contributed by atoms with van der Waals surface area (Å²) in [5.74, 6) is -0.1000. The van der Waals surface area contributed by atoms with E-state index in [0.717, 1.165) is 17.0 Å². The second-order valence-corrected chi connectivity index (χ2v) is 5.29. The van der Waals surface area contributed by atoms with Gasteiger partial charge in [0.1, 0.15) is 0 Å². The van der Waals surface area contributed by atoms with Crippen molar-refractivity contribution in [2.24, 2.45) is 0 Å². The van der Waals surface area contributed by atoms with Crippen molar-refractivity contribution in [1.82, 2.24) is 0 Å². The lowest BCUT2D eigenvalue weighted by Crippen LogP contribution is -2.07. The molecule has 0 atom stereocenters. The summed E-state index contributed by atoms with van der Waals surface area (Å²) < 4.78 is 0. The van der Waals surface area contributed by atoms with Gasteiger partial charge in [-0.1, -0.05) is 19.1 Å². The number of hydrogen-bond acceptors (Lipinski definition) is 2. The van der Waals surface area contributed by atoms with Gasteiger partial charge in [-0.05, 0) is 54.1 Å². The van der Waals surface area contributed by atoms with Gasteiger partial charge < -0.3 is 5.32 Å². The molecule has 0 unspecified atom stereocenters. The summed E-state index contributed by atoms with van der Waals surface area (Å²) in [5, 5.41) is 4.88. The molecule has 2 aromatic rings. The molecule has 0 saturated heterocycles. The first-order valence-corrected chi connectivity index (χ1v) is 7.19. The maximum atomic E-state index is 11.8. The number of hydrogen-bond donors (Lipinski definition) is 1. The molecule has 0 aliphatic carbocycles. The van der Waals surface area contributed by atoms with Crippen LogP contribution in [0.15, 0.2) is 41.8 Å². The van der Waals surface area contributed by atoms with Crippen molar-refractivity contribution in [2.45, 2.75) is 20.3 Å². The monoisotopic (exact) mass is 271 g/mol. The Morgan fingerprint density at radius 3 is 2.58 bits per heavy atom. The van der Waals surface area contributed by atoms with Gasteiger partial charge in [-0.3, -0.25) is 4.79 Å². The smallest absolute Gasteiger partial charge is 0.248 e. The number of anilines is 1. The third-order valence-corrected chi connectivity index (χ3v) is 3.90. The first kappa shape index (κ1) is 13.6. The third kappa shape index (κ3) is 3.80. The summed E-state index contributed by atoms with van der Waals surface area (Å²) in [5.41, 5.74) is 3.29. The van der Waals surface area contributed by atoms with E-state index < -0.39 is 0 Å². The van der Waals surface area contributed by atoms with E-state index in [1.165, 1.54) is 11.1 Å². The Morgan fingerprint density at radius 1 is 1.26 bits per heavy atom. The third-order valence-electron chi connectivity index (χ3n) is 2.92. The minimum absolute atomic E-state index is 0.1000. The number of amides is 1. The molecule has 1 heterocycles. The molecule has 98 valence electrons. The molecule has 1 N–H and O–H groups in total. The molecule has 3 heteroatoms. The summed E-state index contributed by atoms with van der Waals surface area (Å²) in [4.78, 5) is 12.9. The Morgan fingerprint density at radius 2 is 2.00 bits per heavy atom. The van der Waals surface area contributed by atoms with Crippen molar-refractivity contribution < 1.29 is 4.79 Å². The average molecular weight is 271 g/mol. The highest BCUT2D eigenvalue weighted by molar-refractivity contribution is 7.11. The molecular weight excluding hydrogens is 254 g/mol. The fourth-order valence-electron chi connectivity index (χ4n) is 1.71. The molecule has 0 spiro atoms. The fourth-order valence-corrected chi connectivity index (χ4v) is 2.53. The number of rotatable bonds is 4. The highest BCUT2D eigenvalue weighted by atomic mass is 32.1. The Bertz CT molecular complexity index is 581. The SMILES string of the molecule is CCc1ccc(NC(=O)/C=C/c2sccc2C)cc1. The molecule has 1 aromatic carbocycles. The zero-order valence-corrected chi connectivity index (χ0v) is 12.0. The molecule has 0 saturated carbocycles. The molecule has 0 bridgehead atoms. The largest absolute Gasteiger partial charge is 0.323 e. The van der Waals surface area contributed by atoms with Crippen LogP contribution in [-0.4, -0.2) is 5.91 Å². The summed E-state index contributed by atoms with van der Waals surface area (Å²) in [7, 11) is 0. The second kappa shape index (κ2) is 6.34. The number of carbonyl (C=O) groups excluding carboxylic acids is 1. The van der Waals surface area contributed by atoms with Gasteiger partial charge >= 0.3 is 0 Å². The Balaban J connectivity index is 1.97. The lowest BCUT2D eigenvalue weighted by molar-refractivity contribution is -0.111. The lowest BCUT2D eigenvalue weighted by atomic mass is 10.1. The topological polar surface area (TPSA) is 29.1 Å². The van der Waals surface area contributed by atoms with Crippen LogP contribution < -0.4 is 5.32 Å². The van der Waals surface area contributed by atoms with Crippen LogP contribution in [0.4, 0.5) is 5.69 Å². The predicted octanol–water partition coefficient (Wildman–Crippen LogP) is 4.27. The van der Waals surface area contributed by atoms with Gasteiger partial charge in [-0.15, -0.1) is 11.3 Å². The Kier molecular flexibility index (Phi) is 4.53. The van der Waals surface area contributed by atoms with Crippen molar-refractivity contribution in [1.29, 1.82) is 0 Å². The van der Waals surface area contributed by atoms with Crippen LogP contribution in [0.2, 0.25) is 0 Å². The van der Waals surface area contributed by atoms with Gasteiger partial charge in [-0.25, -0.2) is 0 Å². The minimum atomic E-state index is -0.1000. The molecule has 2 nitrogen and oxygen atoms in total. The van der Waals surface area contributed by atoms with Crippen LogP contribution in [0.3, 0.4) is 0 Å². The molecule has 1 amide bonds. The van der Waals surface area contributed by atoms with Crippen LogP contribution in [0.5, 0.6) is 0 Å². The van der Waals surface area contributed by atoms with Gasteiger partial charge in [0, 0.05) is 16.6 Å². The first-order valence-electron chi connectivity index (χ1n) is 6.31.